The van der Waals surface area contributed by atoms with Gasteiger partial charge in [0.05, 0.1) is 6.10 Å². The molecule has 1 aliphatic heterocycles. The summed E-state index contributed by atoms with van der Waals surface area (Å²) < 4.78 is 6.87. The molecule has 0 bridgehead atoms. The van der Waals surface area contributed by atoms with Crippen LogP contribution in [-0.2, 0) is 4.74 Å². The normalized spacial score (nSPS) is 24.2. The highest BCUT2D eigenvalue weighted by molar-refractivity contribution is 9.10. The Balaban J connectivity index is 1.91. The molecular weight excluding hydrogens is 292 g/mol. The van der Waals surface area contributed by atoms with E-state index >= 15 is 0 Å². The van der Waals surface area contributed by atoms with Crippen molar-refractivity contribution in [1.29, 1.82) is 0 Å². The number of aromatic nitrogens is 1. The highest BCUT2D eigenvalue weighted by Crippen LogP contribution is 2.34. The number of hydrogen-bond acceptors (Lipinski definition) is 3. The van der Waals surface area contributed by atoms with Gasteiger partial charge in [-0.05, 0) is 39.9 Å². The maximum Gasteiger partial charge on any atom is 0.125 e. The zero-order valence-electron chi connectivity index (χ0n) is 11.2. The summed E-state index contributed by atoms with van der Waals surface area (Å²) in [6, 6.07) is 3.99. The first-order chi connectivity index (χ1) is 8.47. The molecule has 1 N–H and O–H groups in total. The monoisotopic (exact) mass is 312 g/mol. The van der Waals surface area contributed by atoms with E-state index in [0.717, 1.165) is 29.9 Å². The number of nitrogens with one attached hydrogen (secondary N) is 1. The molecule has 0 aliphatic carbocycles. The van der Waals surface area contributed by atoms with Gasteiger partial charge < -0.3 is 10.1 Å². The second-order valence-electron chi connectivity index (χ2n) is 5.95. The first kappa shape index (κ1) is 13.8. The van der Waals surface area contributed by atoms with E-state index in [0.29, 0.717) is 12.0 Å². The van der Waals surface area contributed by atoms with Crippen molar-refractivity contribution < 1.29 is 4.74 Å². The van der Waals surface area contributed by atoms with Crippen molar-refractivity contribution >= 4 is 21.7 Å². The topological polar surface area (TPSA) is 34.1 Å². The van der Waals surface area contributed by atoms with Crippen LogP contribution in [0.15, 0.2) is 22.8 Å². The van der Waals surface area contributed by atoms with Crippen molar-refractivity contribution in [3.8, 4) is 0 Å². The fourth-order valence-electron chi connectivity index (χ4n) is 2.52. The predicted octanol–water partition coefficient (Wildman–Crippen LogP) is 3.71. The zero-order chi connectivity index (χ0) is 13.2. The van der Waals surface area contributed by atoms with Crippen molar-refractivity contribution in [2.24, 2.45) is 11.3 Å². The average molecular weight is 313 g/mol. The molecule has 3 nitrogen and oxygen atoms in total. The highest BCUT2D eigenvalue weighted by Gasteiger charge is 2.36. The van der Waals surface area contributed by atoms with E-state index in [4.69, 9.17) is 4.74 Å². The second kappa shape index (κ2) is 5.57. The lowest BCUT2D eigenvalue weighted by atomic mass is 9.81. The lowest BCUT2D eigenvalue weighted by Crippen LogP contribution is -2.34. The molecule has 2 rings (SSSR count). The summed E-state index contributed by atoms with van der Waals surface area (Å²) in [5.41, 5.74) is 0.204. The third-order valence-electron chi connectivity index (χ3n) is 3.34. The van der Waals surface area contributed by atoms with Gasteiger partial charge in [0.25, 0.3) is 0 Å². The van der Waals surface area contributed by atoms with E-state index in [9.17, 15) is 0 Å². The molecule has 1 fully saturated rings. The van der Waals surface area contributed by atoms with Gasteiger partial charge in [0.1, 0.15) is 5.82 Å². The van der Waals surface area contributed by atoms with Gasteiger partial charge in [-0.2, -0.15) is 0 Å². The van der Waals surface area contributed by atoms with Gasteiger partial charge in [0.15, 0.2) is 0 Å². The van der Waals surface area contributed by atoms with Crippen LogP contribution in [0.4, 0.5) is 5.82 Å². The van der Waals surface area contributed by atoms with Gasteiger partial charge in [-0.3, -0.25) is 0 Å². The van der Waals surface area contributed by atoms with Gasteiger partial charge in [-0.15, -0.1) is 0 Å². The number of hydrogen-bond donors (Lipinski definition) is 1. The number of rotatable bonds is 3. The zero-order valence-corrected chi connectivity index (χ0v) is 12.8. The molecule has 0 saturated carbocycles. The summed E-state index contributed by atoms with van der Waals surface area (Å²) in [5.74, 6) is 1.49. The Hall–Kier alpha value is -0.610. The number of halogens is 1. The molecule has 2 unspecified atom stereocenters. The maximum absolute atomic E-state index is 5.87. The molecule has 100 valence electrons. The van der Waals surface area contributed by atoms with Gasteiger partial charge in [-0.25, -0.2) is 4.98 Å². The second-order valence-corrected chi connectivity index (χ2v) is 6.86. The van der Waals surface area contributed by atoms with Crippen LogP contribution >= 0.6 is 15.9 Å². The molecule has 1 aromatic heterocycles. The molecule has 0 amide bonds. The van der Waals surface area contributed by atoms with Crippen LogP contribution in [0.25, 0.3) is 0 Å². The van der Waals surface area contributed by atoms with Crippen molar-refractivity contribution in [2.75, 3.05) is 18.5 Å². The Labute approximate surface area is 117 Å². The first-order valence-corrected chi connectivity index (χ1v) is 7.23. The van der Waals surface area contributed by atoms with E-state index in [1.54, 1.807) is 0 Å². The number of nitrogens with zero attached hydrogens (tertiary/aromatic N) is 1. The quantitative estimate of drug-likeness (QED) is 0.924. The minimum absolute atomic E-state index is 0.204. The van der Waals surface area contributed by atoms with Crippen LogP contribution in [-0.4, -0.2) is 24.2 Å². The maximum atomic E-state index is 5.87. The molecule has 0 aromatic carbocycles. The van der Waals surface area contributed by atoms with Gasteiger partial charge in [-0.1, -0.05) is 20.8 Å². The minimum Gasteiger partial charge on any atom is -0.377 e. The Morgan fingerprint density at radius 1 is 1.44 bits per heavy atom. The van der Waals surface area contributed by atoms with Gasteiger partial charge in [0, 0.05) is 29.7 Å². The third kappa shape index (κ3) is 3.45. The molecule has 1 aliphatic rings. The number of ether oxygens (including phenoxy) is 1. The van der Waals surface area contributed by atoms with Gasteiger partial charge >= 0.3 is 0 Å². The lowest BCUT2D eigenvalue weighted by molar-refractivity contribution is 0.00956. The molecular formula is C14H21BrN2O. The Morgan fingerprint density at radius 3 is 2.83 bits per heavy atom. The molecule has 0 spiro atoms. The molecule has 2 atom stereocenters. The van der Waals surface area contributed by atoms with Crippen LogP contribution in [0.5, 0.6) is 0 Å². The summed E-state index contributed by atoms with van der Waals surface area (Å²) in [7, 11) is 0. The fourth-order valence-corrected chi connectivity index (χ4v) is 2.75. The molecule has 2 heterocycles. The SMILES string of the molecule is CC(C)(C)C1OCCC1CNc1ccc(Br)cn1. The minimum atomic E-state index is 0.204. The third-order valence-corrected chi connectivity index (χ3v) is 3.81. The van der Waals surface area contributed by atoms with Crippen LogP contribution in [0.1, 0.15) is 27.2 Å². The fraction of sp³-hybridized carbons (Fsp3) is 0.643. The van der Waals surface area contributed by atoms with E-state index in [-0.39, 0.29) is 5.41 Å². The van der Waals surface area contributed by atoms with E-state index < -0.39 is 0 Å². The van der Waals surface area contributed by atoms with Gasteiger partial charge in [0.2, 0.25) is 0 Å². The smallest absolute Gasteiger partial charge is 0.125 e. The van der Waals surface area contributed by atoms with Crippen molar-refractivity contribution in [2.45, 2.75) is 33.3 Å². The van der Waals surface area contributed by atoms with Crippen LogP contribution < -0.4 is 5.32 Å². The Morgan fingerprint density at radius 2 is 2.22 bits per heavy atom. The van der Waals surface area contributed by atoms with Crippen molar-refractivity contribution in [1.82, 2.24) is 4.98 Å². The van der Waals surface area contributed by atoms with Crippen LogP contribution in [0.2, 0.25) is 0 Å². The Kier molecular flexibility index (Phi) is 4.28. The molecule has 1 saturated heterocycles. The molecule has 0 radical (unpaired) electrons. The van der Waals surface area contributed by atoms with E-state index in [1.807, 2.05) is 18.3 Å². The standard InChI is InChI=1S/C14H21BrN2O/c1-14(2,3)13-10(6-7-18-13)8-16-12-5-4-11(15)9-17-12/h4-5,9-10,13H,6-8H2,1-3H3,(H,16,17). The van der Waals surface area contributed by atoms with Crippen LogP contribution in [0.3, 0.4) is 0 Å². The number of pyridine rings is 1. The summed E-state index contributed by atoms with van der Waals surface area (Å²) in [6.45, 7) is 8.54. The number of anilines is 1. The largest absolute Gasteiger partial charge is 0.377 e. The van der Waals surface area contributed by atoms with E-state index in [1.165, 1.54) is 0 Å². The highest BCUT2D eigenvalue weighted by atomic mass is 79.9. The summed E-state index contributed by atoms with van der Waals surface area (Å²) in [6.07, 6.45) is 3.28. The van der Waals surface area contributed by atoms with E-state index in [2.05, 4.69) is 47.0 Å². The first-order valence-electron chi connectivity index (χ1n) is 6.44. The molecule has 18 heavy (non-hydrogen) atoms. The van der Waals surface area contributed by atoms with Crippen LogP contribution in [0, 0.1) is 11.3 Å². The predicted molar refractivity (Wildman–Crippen MR) is 77.7 cm³/mol. The van der Waals surface area contributed by atoms with Crippen molar-refractivity contribution in [3.05, 3.63) is 22.8 Å². The van der Waals surface area contributed by atoms with Crippen molar-refractivity contribution in [3.63, 3.8) is 0 Å². The summed E-state index contributed by atoms with van der Waals surface area (Å²) in [4.78, 5) is 4.33. The molecule has 4 heteroatoms. The summed E-state index contributed by atoms with van der Waals surface area (Å²) >= 11 is 3.39. The Bertz CT molecular complexity index is 386. The average Bonchev–Trinajstić information content (AvgIpc) is 2.76. The molecule has 1 aromatic rings. The lowest BCUT2D eigenvalue weighted by Gasteiger charge is -2.31. The summed E-state index contributed by atoms with van der Waals surface area (Å²) in [5, 5.41) is 3.40.